The van der Waals surface area contributed by atoms with Crippen molar-refractivity contribution >= 4 is 11.8 Å². The highest BCUT2D eigenvalue weighted by Crippen LogP contribution is 2.29. The average Bonchev–Trinajstić information content (AvgIpc) is 3.24. The van der Waals surface area contributed by atoms with Crippen LogP contribution in [-0.4, -0.2) is 60.4 Å². The van der Waals surface area contributed by atoms with E-state index in [2.05, 4.69) is 29.0 Å². The van der Waals surface area contributed by atoms with E-state index in [1.165, 1.54) is 25.7 Å². The van der Waals surface area contributed by atoms with Gasteiger partial charge in [0.15, 0.2) is 0 Å². The number of likely N-dealkylation sites (tertiary alicyclic amines) is 2. The number of carbonyl (C=O) groups excluding carboxylic acids is 2. The summed E-state index contributed by atoms with van der Waals surface area (Å²) in [6, 6.07) is 0.596. The van der Waals surface area contributed by atoms with Gasteiger partial charge in [0.1, 0.15) is 0 Å². The predicted octanol–water partition coefficient (Wildman–Crippen LogP) is 3.43. The van der Waals surface area contributed by atoms with Crippen LogP contribution in [0, 0.1) is 17.8 Å². The van der Waals surface area contributed by atoms with Crippen LogP contribution in [0.3, 0.4) is 0 Å². The van der Waals surface area contributed by atoms with Crippen LogP contribution in [0.2, 0.25) is 0 Å². The fourth-order valence-corrected chi connectivity index (χ4v) is 5.24. The first-order chi connectivity index (χ1) is 13.5. The van der Waals surface area contributed by atoms with Gasteiger partial charge in [0.05, 0.1) is 0 Å². The molecule has 0 aromatic rings. The van der Waals surface area contributed by atoms with Crippen LogP contribution in [0.4, 0.5) is 0 Å². The molecule has 1 saturated carbocycles. The molecule has 3 aliphatic rings. The van der Waals surface area contributed by atoms with Gasteiger partial charge in [0.2, 0.25) is 11.8 Å². The molecule has 0 aromatic heterocycles. The van der Waals surface area contributed by atoms with E-state index in [1.807, 2.05) is 0 Å². The monoisotopic (exact) mass is 391 g/mol. The second-order valence-corrected chi connectivity index (χ2v) is 9.75. The van der Waals surface area contributed by atoms with E-state index in [4.69, 9.17) is 0 Å². The van der Waals surface area contributed by atoms with Crippen LogP contribution in [0.1, 0.15) is 78.1 Å². The van der Waals surface area contributed by atoms with Gasteiger partial charge < -0.3 is 15.1 Å². The van der Waals surface area contributed by atoms with Gasteiger partial charge in [0, 0.05) is 38.0 Å². The summed E-state index contributed by atoms with van der Waals surface area (Å²) in [7, 11) is 0. The first kappa shape index (κ1) is 21.6. The van der Waals surface area contributed by atoms with Gasteiger partial charge in [-0.15, -0.1) is 0 Å². The molecular formula is C23H41N3O2. The van der Waals surface area contributed by atoms with Gasteiger partial charge in [-0.1, -0.05) is 39.5 Å². The highest BCUT2D eigenvalue weighted by Gasteiger charge is 2.31. The highest BCUT2D eigenvalue weighted by atomic mass is 16.2. The van der Waals surface area contributed by atoms with Crippen molar-refractivity contribution < 1.29 is 9.59 Å². The lowest BCUT2D eigenvalue weighted by Gasteiger charge is -2.41. The molecule has 1 aliphatic carbocycles. The van der Waals surface area contributed by atoms with Gasteiger partial charge in [-0.25, -0.2) is 0 Å². The topological polar surface area (TPSA) is 52.7 Å². The van der Waals surface area contributed by atoms with E-state index in [0.717, 1.165) is 77.2 Å². The van der Waals surface area contributed by atoms with Gasteiger partial charge in [-0.2, -0.15) is 0 Å². The standard InChI is InChI=1S/C23H41N3O2/c1-18(2)17-24-23(28)20-9-13-25(14-10-20)21-11-15-26(16-12-21)22(27)8-7-19-5-3-4-6-19/h18-21H,3-17H2,1-2H3,(H,24,28). The number of hydrogen-bond donors (Lipinski definition) is 1. The third-order valence-electron chi connectivity index (χ3n) is 7.16. The third-order valence-corrected chi connectivity index (χ3v) is 7.16. The van der Waals surface area contributed by atoms with Crippen LogP contribution >= 0.6 is 0 Å². The minimum Gasteiger partial charge on any atom is -0.356 e. The molecule has 0 radical (unpaired) electrons. The summed E-state index contributed by atoms with van der Waals surface area (Å²) in [5.41, 5.74) is 0. The maximum absolute atomic E-state index is 12.5. The average molecular weight is 392 g/mol. The van der Waals surface area contributed by atoms with Crippen LogP contribution in [0.5, 0.6) is 0 Å². The maximum atomic E-state index is 12.5. The minimum atomic E-state index is 0.187. The largest absolute Gasteiger partial charge is 0.356 e. The Labute approximate surface area is 171 Å². The SMILES string of the molecule is CC(C)CNC(=O)C1CCN(C2CCN(C(=O)CCC3CCCC3)CC2)CC1. The molecular weight excluding hydrogens is 350 g/mol. The quantitative estimate of drug-likeness (QED) is 0.723. The van der Waals surface area contributed by atoms with Crippen molar-refractivity contribution in [1.29, 1.82) is 0 Å². The second-order valence-electron chi connectivity index (χ2n) is 9.75. The van der Waals surface area contributed by atoms with Crippen LogP contribution in [0.25, 0.3) is 0 Å². The van der Waals surface area contributed by atoms with Crippen molar-refractivity contribution in [2.75, 3.05) is 32.7 Å². The Kier molecular flexibility index (Phi) is 8.19. The number of piperidine rings is 2. The third kappa shape index (κ3) is 6.20. The van der Waals surface area contributed by atoms with Gasteiger partial charge in [0.25, 0.3) is 0 Å². The number of nitrogens with zero attached hydrogens (tertiary/aromatic N) is 2. The molecule has 0 spiro atoms. The lowest BCUT2D eigenvalue weighted by atomic mass is 9.92. The molecule has 28 heavy (non-hydrogen) atoms. The second kappa shape index (κ2) is 10.6. The van der Waals surface area contributed by atoms with Crippen LogP contribution in [-0.2, 0) is 9.59 Å². The molecule has 3 fully saturated rings. The number of hydrogen-bond acceptors (Lipinski definition) is 3. The van der Waals surface area contributed by atoms with Crippen molar-refractivity contribution in [2.45, 2.75) is 84.1 Å². The molecule has 2 aliphatic heterocycles. The number of rotatable bonds is 7. The fourth-order valence-electron chi connectivity index (χ4n) is 5.24. The summed E-state index contributed by atoms with van der Waals surface area (Å²) >= 11 is 0. The summed E-state index contributed by atoms with van der Waals surface area (Å²) in [5.74, 6) is 2.13. The smallest absolute Gasteiger partial charge is 0.223 e. The lowest BCUT2D eigenvalue weighted by Crippen LogP contribution is -2.50. The van der Waals surface area contributed by atoms with Crippen molar-refractivity contribution in [3.8, 4) is 0 Å². The van der Waals surface area contributed by atoms with Crippen LogP contribution in [0.15, 0.2) is 0 Å². The summed E-state index contributed by atoms with van der Waals surface area (Å²) in [6.07, 6.45) is 11.4. The summed E-state index contributed by atoms with van der Waals surface area (Å²) in [4.78, 5) is 29.5. The van der Waals surface area contributed by atoms with Crippen molar-refractivity contribution in [3.05, 3.63) is 0 Å². The first-order valence-corrected chi connectivity index (χ1v) is 11.8. The van der Waals surface area contributed by atoms with Gasteiger partial charge >= 0.3 is 0 Å². The Bertz CT molecular complexity index is 500. The van der Waals surface area contributed by atoms with Gasteiger partial charge in [-0.05, 0) is 57.0 Å². The molecule has 2 amide bonds. The normalized spacial score (nSPS) is 23.5. The molecule has 0 unspecified atom stereocenters. The first-order valence-electron chi connectivity index (χ1n) is 11.8. The molecule has 2 saturated heterocycles. The zero-order valence-electron chi connectivity index (χ0n) is 18.1. The fraction of sp³-hybridized carbons (Fsp3) is 0.913. The van der Waals surface area contributed by atoms with Crippen LogP contribution < -0.4 is 5.32 Å². The van der Waals surface area contributed by atoms with Crippen molar-refractivity contribution in [3.63, 3.8) is 0 Å². The Balaban J connectivity index is 1.33. The van der Waals surface area contributed by atoms with Crippen molar-refractivity contribution in [2.24, 2.45) is 17.8 Å². The minimum absolute atomic E-state index is 0.187. The number of carbonyl (C=O) groups is 2. The Morgan fingerprint density at radius 3 is 2.18 bits per heavy atom. The zero-order chi connectivity index (χ0) is 19.9. The summed E-state index contributed by atoms with van der Waals surface area (Å²) in [5, 5.41) is 3.09. The molecule has 0 bridgehead atoms. The molecule has 0 aromatic carbocycles. The van der Waals surface area contributed by atoms with E-state index >= 15 is 0 Å². The highest BCUT2D eigenvalue weighted by molar-refractivity contribution is 5.78. The van der Waals surface area contributed by atoms with E-state index in [0.29, 0.717) is 17.9 Å². The molecule has 3 rings (SSSR count). The molecule has 1 N–H and O–H groups in total. The van der Waals surface area contributed by atoms with Crippen molar-refractivity contribution in [1.82, 2.24) is 15.1 Å². The summed E-state index contributed by atoms with van der Waals surface area (Å²) in [6.45, 7) is 8.95. The Morgan fingerprint density at radius 1 is 0.929 bits per heavy atom. The van der Waals surface area contributed by atoms with E-state index in [9.17, 15) is 9.59 Å². The molecule has 0 atom stereocenters. The number of amides is 2. The number of nitrogens with one attached hydrogen (secondary N) is 1. The molecule has 160 valence electrons. The summed E-state index contributed by atoms with van der Waals surface area (Å²) < 4.78 is 0. The maximum Gasteiger partial charge on any atom is 0.223 e. The molecule has 2 heterocycles. The van der Waals surface area contributed by atoms with E-state index in [1.54, 1.807) is 0 Å². The zero-order valence-corrected chi connectivity index (χ0v) is 18.1. The Morgan fingerprint density at radius 2 is 1.57 bits per heavy atom. The lowest BCUT2D eigenvalue weighted by molar-refractivity contribution is -0.133. The van der Waals surface area contributed by atoms with E-state index < -0.39 is 0 Å². The van der Waals surface area contributed by atoms with Gasteiger partial charge in [-0.3, -0.25) is 9.59 Å². The molecule has 5 nitrogen and oxygen atoms in total. The predicted molar refractivity (Wildman–Crippen MR) is 113 cm³/mol. The molecule has 5 heteroatoms. The van der Waals surface area contributed by atoms with E-state index in [-0.39, 0.29) is 11.8 Å². The Hall–Kier alpha value is -1.10.